The van der Waals surface area contributed by atoms with Gasteiger partial charge in [0.1, 0.15) is 5.69 Å². The van der Waals surface area contributed by atoms with Crippen LogP contribution in [0.25, 0.3) is 0 Å². The van der Waals surface area contributed by atoms with Gasteiger partial charge in [0, 0.05) is 23.1 Å². The molecule has 2 amide bonds. The summed E-state index contributed by atoms with van der Waals surface area (Å²) in [6, 6.07) is 14.8. The van der Waals surface area contributed by atoms with Crippen molar-refractivity contribution in [2.24, 2.45) is 0 Å². The highest BCUT2D eigenvalue weighted by Crippen LogP contribution is 2.18. The van der Waals surface area contributed by atoms with Crippen LogP contribution in [0.3, 0.4) is 0 Å². The summed E-state index contributed by atoms with van der Waals surface area (Å²) in [6.07, 6.45) is 1.47. The quantitative estimate of drug-likeness (QED) is 0.689. The maximum atomic E-state index is 12.6. The molecule has 0 atom stereocenters. The summed E-state index contributed by atoms with van der Waals surface area (Å²) in [5.41, 5.74) is 6.17. The van der Waals surface area contributed by atoms with Gasteiger partial charge in [0.15, 0.2) is 0 Å². The van der Waals surface area contributed by atoms with Crippen molar-refractivity contribution >= 4 is 23.2 Å². The first-order valence-electron chi connectivity index (χ1n) is 9.06. The maximum Gasteiger partial charge on any atom is 0.274 e. The molecule has 1 heterocycles. The zero-order valence-electron chi connectivity index (χ0n) is 16.5. The number of pyridine rings is 1. The van der Waals surface area contributed by atoms with Crippen LogP contribution < -0.4 is 10.6 Å². The third-order valence-corrected chi connectivity index (χ3v) is 4.38. The molecule has 2 aromatic carbocycles. The third-order valence-electron chi connectivity index (χ3n) is 4.38. The molecule has 0 aliphatic carbocycles. The Morgan fingerprint density at radius 1 is 0.750 bits per heavy atom. The van der Waals surface area contributed by atoms with Crippen LogP contribution in [0.2, 0.25) is 0 Å². The van der Waals surface area contributed by atoms with E-state index in [1.165, 1.54) is 12.3 Å². The molecule has 5 nitrogen and oxygen atoms in total. The number of nitrogens with zero attached hydrogens (tertiary/aromatic N) is 1. The lowest BCUT2D eigenvalue weighted by Crippen LogP contribution is -2.17. The van der Waals surface area contributed by atoms with Gasteiger partial charge in [0.05, 0.1) is 0 Å². The van der Waals surface area contributed by atoms with E-state index in [9.17, 15) is 9.59 Å². The molecule has 0 bridgehead atoms. The first-order chi connectivity index (χ1) is 13.3. The molecule has 28 heavy (non-hydrogen) atoms. The Morgan fingerprint density at radius 2 is 1.46 bits per heavy atom. The van der Waals surface area contributed by atoms with E-state index in [-0.39, 0.29) is 17.5 Å². The van der Waals surface area contributed by atoms with Crippen molar-refractivity contribution in [1.82, 2.24) is 4.98 Å². The van der Waals surface area contributed by atoms with Gasteiger partial charge < -0.3 is 10.6 Å². The summed E-state index contributed by atoms with van der Waals surface area (Å²) in [6.45, 7) is 7.84. The van der Waals surface area contributed by atoms with Crippen molar-refractivity contribution in [1.29, 1.82) is 0 Å². The van der Waals surface area contributed by atoms with Gasteiger partial charge in [-0.25, -0.2) is 0 Å². The van der Waals surface area contributed by atoms with Crippen molar-refractivity contribution < 1.29 is 9.59 Å². The van der Waals surface area contributed by atoms with Crippen LogP contribution >= 0.6 is 0 Å². The molecular formula is C23H23N3O2. The van der Waals surface area contributed by atoms with Gasteiger partial charge in [-0.1, -0.05) is 18.2 Å². The van der Waals surface area contributed by atoms with Crippen molar-refractivity contribution in [3.8, 4) is 0 Å². The van der Waals surface area contributed by atoms with Crippen LogP contribution in [-0.2, 0) is 0 Å². The summed E-state index contributed by atoms with van der Waals surface area (Å²) < 4.78 is 0. The number of anilines is 2. The van der Waals surface area contributed by atoms with E-state index in [1.54, 1.807) is 6.07 Å². The Morgan fingerprint density at radius 3 is 2.18 bits per heavy atom. The number of rotatable bonds is 4. The SMILES string of the molecule is Cc1cc(C)cc(NC(=O)c2ccnc(C(=O)Nc3cc(C)ccc3C)c2)c1. The number of carbonyl (C=O) groups excluding carboxylic acids is 2. The van der Waals surface area contributed by atoms with Crippen LogP contribution in [-0.4, -0.2) is 16.8 Å². The summed E-state index contributed by atoms with van der Waals surface area (Å²) in [7, 11) is 0. The summed E-state index contributed by atoms with van der Waals surface area (Å²) in [5.74, 6) is -0.636. The van der Waals surface area contributed by atoms with Crippen LogP contribution in [0.15, 0.2) is 54.7 Å². The lowest BCUT2D eigenvalue weighted by atomic mass is 10.1. The molecule has 0 fully saturated rings. The molecule has 0 radical (unpaired) electrons. The first-order valence-corrected chi connectivity index (χ1v) is 9.06. The maximum absolute atomic E-state index is 12.6. The normalized spacial score (nSPS) is 10.4. The third kappa shape index (κ3) is 4.62. The van der Waals surface area contributed by atoms with E-state index >= 15 is 0 Å². The topological polar surface area (TPSA) is 71.1 Å². The van der Waals surface area contributed by atoms with Crippen molar-refractivity contribution in [2.75, 3.05) is 10.6 Å². The Kier molecular flexibility index (Phi) is 5.54. The minimum absolute atomic E-state index is 0.189. The largest absolute Gasteiger partial charge is 0.322 e. The number of hydrogen-bond acceptors (Lipinski definition) is 3. The van der Waals surface area contributed by atoms with Crippen LogP contribution in [0, 0.1) is 27.7 Å². The van der Waals surface area contributed by atoms with Gasteiger partial charge in [0.2, 0.25) is 0 Å². The minimum Gasteiger partial charge on any atom is -0.322 e. The van der Waals surface area contributed by atoms with Crippen molar-refractivity contribution in [3.63, 3.8) is 0 Å². The van der Waals surface area contributed by atoms with Gasteiger partial charge in [-0.3, -0.25) is 14.6 Å². The highest BCUT2D eigenvalue weighted by molar-refractivity contribution is 6.08. The van der Waals surface area contributed by atoms with Crippen LogP contribution in [0.4, 0.5) is 11.4 Å². The van der Waals surface area contributed by atoms with E-state index < -0.39 is 0 Å². The fourth-order valence-corrected chi connectivity index (χ4v) is 3.00. The summed E-state index contributed by atoms with van der Waals surface area (Å²) >= 11 is 0. The van der Waals surface area contributed by atoms with Gasteiger partial charge in [-0.15, -0.1) is 0 Å². The molecule has 1 aromatic heterocycles. The number of carbonyl (C=O) groups is 2. The van der Waals surface area contributed by atoms with E-state index in [0.29, 0.717) is 5.56 Å². The molecule has 0 spiro atoms. The molecule has 5 heteroatoms. The number of benzene rings is 2. The lowest BCUT2D eigenvalue weighted by Gasteiger charge is -2.10. The lowest BCUT2D eigenvalue weighted by molar-refractivity contribution is 0.102. The van der Waals surface area contributed by atoms with Crippen LogP contribution in [0.5, 0.6) is 0 Å². The molecule has 0 aliphatic rings. The molecule has 0 aliphatic heterocycles. The second-order valence-electron chi connectivity index (χ2n) is 7.03. The number of amides is 2. The van der Waals surface area contributed by atoms with E-state index in [2.05, 4.69) is 15.6 Å². The minimum atomic E-state index is -0.352. The monoisotopic (exact) mass is 373 g/mol. The van der Waals surface area contributed by atoms with E-state index in [1.807, 2.05) is 64.1 Å². The summed E-state index contributed by atoms with van der Waals surface area (Å²) in [4.78, 5) is 29.3. The molecule has 3 aromatic rings. The van der Waals surface area contributed by atoms with Gasteiger partial charge in [-0.2, -0.15) is 0 Å². The second kappa shape index (κ2) is 8.05. The number of aryl methyl sites for hydroxylation is 4. The first kappa shape index (κ1) is 19.3. The zero-order valence-corrected chi connectivity index (χ0v) is 16.5. The zero-order chi connectivity index (χ0) is 20.3. The predicted molar refractivity (Wildman–Crippen MR) is 112 cm³/mol. The predicted octanol–water partition coefficient (Wildman–Crippen LogP) is 4.82. The molecule has 0 saturated heterocycles. The average Bonchev–Trinajstić information content (AvgIpc) is 2.64. The fourth-order valence-electron chi connectivity index (χ4n) is 3.00. The fraction of sp³-hybridized carbons (Fsp3) is 0.174. The number of nitrogens with one attached hydrogen (secondary N) is 2. The standard InChI is InChI=1S/C23H23N3O2/c1-14-5-6-17(4)20(12-14)26-23(28)21-13-18(7-8-24-21)22(27)25-19-10-15(2)9-16(3)11-19/h5-13H,1-4H3,(H,25,27)(H,26,28). The van der Waals surface area contributed by atoms with Crippen molar-refractivity contribution in [2.45, 2.75) is 27.7 Å². The number of aromatic nitrogens is 1. The highest BCUT2D eigenvalue weighted by atomic mass is 16.2. The van der Waals surface area contributed by atoms with E-state index in [0.717, 1.165) is 33.6 Å². The molecule has 0 unspecified atom stereocenters. The average molecular weight is 373 g/mol. The second-order valence-corrected chi connectivity index (χ2v) is 7.03. The molecule has 142 valence electrons. The summed E-state index contributed by atoms with van der Waals surface area (Å²) in [5, 5.41) is 5.74. The Labute approximate surface area is 164 Å². The number of hydrogen-bond donors (Lipinski definition) is 2. The molecular weight excluding hydrogens is 350 g/mol. The molecule has 0 saturated carbocycles. The van der Waals surface area contributed by atoms with E-state index in [4.69, 9.17) is 0 Å². The van der Waals surface area contributed by atoms with Gasteiger partial charge >= 0.3 is 0 Å². The molecule has 3 rings (SSSR count). The Balaban J connectivity index is 1.78. The highest BCUT2D eigenvalue weighted by Gasteiger charge is 2.13. The van der Waals surface area contributed by atoms with Gasteiger partial charge in [-0.05, 0) is 80.3 Å². The molecule has 2 N–H and O–H groups in total. The van der Waals surface area contributed by atoms with Crippen LogP contribution in [0.1, 0.15) is 43.1 Å². The smallest absolute Gasteiger partial charge is 0.274 e. The van der Waals surface area contributed by atoms with Gasteiger partial charge in [0.25, 0.3) is 11.8 Å². The Hall–Kier alpha value is -3.47. The Bertz CT molecular complexity index is 1040. The van der Waals surface area contributed by atoms with Crippen molar-refractivity contribution in [3.05, 3.63) is 88.2 Å².